The lowest BCUT2D eigenvalue weighted by Gasteiger charge is -2.32. The number of allylic oxidation sites excluding steroid dienone is 4. The van der Waals surface area contributed by atoms with Gasteiger partial charge in [0, 0.05) is 69.0 Å². The van der Waals surface area contributed by atoms with Crippen molar-refractivity contribution < 1.29 is 9.59 Å². The smallest absolute Gasteiger partial charge is 0.220 e. The molecule has 0 aromatic heterocycles. The Hall–Kier alpha value is -2.08. The average molecular weight is 488 g/mol. The van der Waals surface area contributed by atoms with Crippen LogP contribution in [0, 0.1) is 0 Å². The SMILES string of the molecule is CN1C=C2C=CCC(=O)C2=CC1CCCC(=O)NC1CCN(Cc2ccc(Cl)c(Cl)c2)CC1. The molecule has 1 aliphatic carbocycles. The molecule has 1 fully saturated rings. The van der Waals surface area contributed by atoms with Gasteiger partial charge >= 0.3 is 0 Å². The number of carbonyl (C=O) groups is 2. The maximum Gasteiger partial charge on any atom is 0.220 e. The number of likely N-dealkylation sites (tertiary alicyclic amines) is 1. The Bertz CT molecular complexity index is 993. The number of piperidine rings is 1. The van der Waals surface area contributed by atoms with E-state index in [2.05, 4.69) is 21.2 Å². The summed E-state index contributed by atoms with van der Waals surface area (Å²) in [6.45, 7) is 2.74. The molecule has 5 nitrogen and oxygen atoms in total. The molecule has 2 aliphatic heterocycles. The van der Waals surface area contributed by atoms with Crippen molar-refractivity contribution in [3.05, 3.63) is 69.4 Å². The number of amides is 1. The summed E-state index contributed by atoms with van der Waals surface area (Å²) in [4.78, 5) is 29.2. The zero-order valence-electron chi connectivity index (χ0n) is 19.0. The molecule has 1 unspecified atom stereocenters. The van der Waals surface area contributed by atoms with Crippen LogP contribution in [-0.4, -0.2) is 53.7 Å². The number of hydrogen-bond donors (Lipinski definition) is 1. The van der Waals surface area contributed by atoms with Crippen LogP contribution in [-0.2, 0) is 16.1 Å². The quantitative estimate of drug-likeness (QED) is 0.594. The van der Waals surface area contributed by atoms with Crippen LogP contribution in [0.2, 0.25) is 10.0 Å². The van der Waals surface area contributed by atoms with Gasteiger partial charge in [0.25, 0.3) is 0 Å². The van der Waals surface area contributed by atoms with Gasteiger partial charge in [0.15, 0.2) is 5.78 Å². The van der Waals surface area contributed by atoms with Crippen molar-refractivity contribution in [2.24, 2.45) is 0 Å². The van der Waals surface area contributed by atoms with E-state index in [1.807, 2.05) is 43.6 Å². The van der Waals surface area contributed by atoms with E-state index in [-0.39, 0.29) is 23.8 Å². The summed E-state index contributed by atoms with van der Waals surface area (Å²) in [5, 5.41) is 4.38. The van der Waals surface area contributed by atoms with Gasteiger partial charge in [-0.15, -0.1) is 0 Å². The van der Waals surface area contributed by atoms with Gasteiger partial charge in [-0.2, -0.15) is 0 Å². The lowest BCUT2D eigenvalue weighted by Crippen LogP contribution is -2.44. The normalized spacial score (nSPS) is 21.5. The molecule has 176 valence electrons. The van der Waals surface area contributed by atoms with Crippen LogP contribution in [0.5, 0.6) is 0 Å². The molecule has 3 aliphatic rings. The lowest BCUT2D eigenvalue weighted by molar-refractivity contribution is -0.122. The summed E-state index contributed by atoms with van der Waals surface area (Å²) in [5.41, 5.74) is 2.98. The van der Waals surface area contributed by atoms with Crippen LogP contribution in [0.15, 0.2) is 53.8 Å². The number of carbonyl (C=O) groups excluding carboxylic acids is 2. The summed E-state index contributed by atoms with van der Waals surface area (Å²) in [7, 11) is 2.03. The van der Waals surface area contributed by atoms with Crippen LogP contribution >= 0.6 is 23.2 Å². The van der Waals surface area contributed by atoms with Crippen molar-refractivity contribution in [1.82, 2.24) is 15.1 Å². The molecule has 0 saturated carbocycles. The number of ketones is 1. The van der Waals surface area contributed by atoms with E-state index in [9.17, 15) is 9.59 Å². The van der Waals surface area contributed by atoms with E-state index in [4.69, 9.17) is 23.2 Å². The predicted molar refractivity (Wildman–Crippen MR) is 133 cm³/mol. The Morgan fingerprint density at radius 2 is 1.97 bits per heavy atom. The molecule has 0 radical (unpaired) electrons. The Kier molecular flexibility index (Phi) is 7.94. The van der Waals surface area contributed by atoms with E-state index < -0.39 is 0 Å². The summed E-state index contributed by atoms with van der Waals surface area (Å²) in [5.74, 6) is 0.307. The minimum Gasteiger partial charge on any atom is -0.373 e. The van der Waals surface area contributed by atoms with Crippen molar-refractivity contribution in [3.63, 3.8) is 0 Å². The minimum absolute atomic E-state index is 0.122. The standard InChI is InChI=1S/C26H31Cl2N3O2/c1-30-17-19-4-2-6-25(32)22(19)15-21(30)5-3-7-26(33)29-20-10-12-31(13-11-20)16-18-8-9-23(27)24(28)14-18/h2,4,8-9,14-15,17,20-21H,3,5-7,10-13,16H2,1H3,(H,29,33). The van der Waals surface area contributed by atoms with Gasteiger partial charge in [-0.05, 0) is 43.4 Å². The molecule has 1 amide bonds. The number of benzene rings is 1. The number of likely N-dealkylation sites (N-methyl/N-ethyl adjacent to an activating group) is 1. The highest BCUT2D eigenvalue weighted by Gasteiger charge is 2.25. The molecule has 1 aromatic carbocycles. The highest BCUT2D eigenvalue weighted by molar-refractivity contribution is 6.42. The Labute approximate surface area is 206 Å². The van der Waals surface area contributed by atoms with Crippen molar-refractivity contribution in [2.45, 2.75) is 57.2 Å². The van der Waals surface area contributed by atoms with Crippen LogP contribution < -0.4 is 5.32 Å². The molecule has 0 bridgehead atoms. The maximum atomic E-state index is 12.5. The lowest BCUT2D eigenvalue weighted by atomic mass is 9.89. The van der Waals surface area contributed by atoms with Crippen molar-refractivity contribution >= 4 is 34.9 Å². The van der Waals surface area contributed by atoms with Gasteiger partial charge < -0.3 is 10.2 Å². The fraction of sp³-hybridized carbons (Fsp3) is 0.462. The minimum atomic E-state index is 0.122. The van der Waals surface area contributed by atoms with Crippen molar-refractivity contribution in [2.75, 3.05) is 20.1 Å². The first-order valence-electron chi connectivity index (χ1n) is 11.7. The molecule has 1 atom stereocenters. The van der Waals surface area contributed by atoms with E-state index in [1.54, 1.807) is 0 Å². The molecule has 1 saturated heterocycles. The van der Waals surface area contributed by atoms with Gasteiger partial charge in [-0.1, -0.05) is 47.5 Å². The topological polar surface area (TPSA) is 52.7 Å². The summed E-state index contributed by atoms with van der Waals surface area (Å²) < 4.78 is 0. The second-order valence-electron chi connectivity index (χ2n) is 9.19. The second kappa shape index (κ2) is 10.9. The second-order valence-corrected chi connectivity index (χ2v) is 10.0. The molecule has 4 rings (SSSR count). The number of halogens is 2. The first-order chi connectivity index (χ1) is 15.9. The number of nitrogens with zero attached hydrogens (tertiary/aromatic N) is 2. The van der Waals surface area contributed by atoms with E-state index >= 15 is 0 Å². The summed E-state index contributed by atoms with van der Waals surface area (Å²) in [6, 6.07) is 6.18. The number of nitrogens with one attached hydrogen (secondary N) is 1. The third-order valence-corrected chi connectivity index (χ3v) is 7.42. The molecule has 2 heterocycles. The fourth-order valence-electron chi connectivity index (χ4n) is 4.77. The number of fused-ring (bicyclic) bond motifs is 1. The van der Waals surface area contributed by atoms with Gasteiger partial charge in [-0.25, -0.2) is 0 Å². The van der Waals surface area contributed by atoms with Gasteiger partial charge in [0.05, 0.1) is 10.0 Å². The highest BCUT2D eigenvalue weighted by Crippen LogP contribution is 2.28. The van der Waals surface area contributed by atoms with Gasteiger partial charge in [0.1, 0.15) is 0 Å². The zero-order valence-corrected chi connectivity index (χ0v) is 20.5. The van der Waals surface area contributed by atoms with E-state index in [1.165, 1.54) is 0 Å². The van der Waals surface area contributed by atoms with Crippen molar-refractivity contribution in [3.8, 4) is 0 Å². The van der Waals surface area contributed by atoms with E-state index in [0.717, 1.165) is 62.0 Å². The molecule has 1 aromatic rings. The van der Waals surface area contributed by atoms with E-state index in [0.29, 0.717) is 22.9 Å². The Balaban J connectivity index is 1.17. The molecule has 7 heteroatoms. The molecule has 1 N–H and O–H groups in total. The first-order valence-corrected chi connectivity index (χ1v) is 12.5. The maximum absolute atomic E-state index is 12.5. The Morgan fingerprint density at radius 1 is 1.18 bits per heavy atom. The number of Topliss-reactive ketones (excluding diaryl/α,β-unsaturated/α-hetero) is 1. The first kappa shape index (κ1) is 24.1. The summed E-state index contributed by atoms with van der Waals surface area (Å²) >= 11 is 12.1. The largest absolute Gasteiger partial charge is 0.373 e. The van der Waals surface area contributed by atoms with Gasteiger partial charge in [0.2, 0.25) is 5.91 Å². The van der Waals surface area contributed by atoms with Crippen LogP contribution in [0.3, 0.4) is 0 Å². The Morgan fingerprint density at radius 3 is 2.73 bits per heavy atom. The number of rotatable bonds is 7. The predicted octanol–water partition coefficient (Wildman–Crippen LogP) is 4.90. The third kappa shape index (κ3) is 6.28. The molecule has 33 heavy (non-hydrogen) atoms. The average Bonchev–Trinajstić information content (AvgIpc) is 2.78. The van der Waals surface area contributed by atoms with Crippen LogP contribution in [0.25, 0.3) is 0 Å². The number of hydrogen-bond acceptors (Lipinski definition) is 4. The summed E-state index contributed by atoms with van der Waals surface area (Å²) in [6.07, 6.45) is 12.6. The highest BCUT2D eigenvalue weighted by atomic mass is 35.5. The van der Waals surface area contributed by atoms with Crippen molar-refractivity contribution in [1.29, 1.82) is 0 Å². The molecule has 0 spiro atoms. The molecular weight excluding hydrogens is 457 g/mol. The third-order valence-electron chi connectivity index (χ3n) is 6.68. The molecular formula is C26H31Cl2N3O2. The monoisotopic (exact) mass is 487 g/mol. The zero-order chi connectivity index (χ0) is 23.4. The van der Waals surface area contributed by atoms with Gasteiger partial charge in [-0.3, -0.25) is 14.5 Å². The van der Waals surface area contributed by atoms with Crippen LogP contribution in [0.4, 0.5) is 0 Å². The fourth-order valence-corrected chi connectivity index (χ4v) is 5.09. The van der Waals surface area contributed by atoms with Crippen LogP contribution in [0.1, 0.15) is 44.1 Å².